The number of alkyl halides is 3. The summed E-state index contributed by atoms with van der Waals surface area (Å²) in [6, 6.07) is 1.15. The Morgan fingerprint density at radius 1 is 1.64 bits per heavy atom. The molecule has 0 bridgehead atoms. The molecular weight excluding hydrogens is 214 g/mol. The smallest absolute Gasteiger partial charge is 0.266 e. The summed E-state index contributed by atoms with van der Waals surface area (Å²) in [5, 5.41) is 0. The number of nitrogens with two attached hydrogens (primary N) is 1. The normalized spacial score (nSPS) is 10.6. The number of hydrogen-bond acceptors (Lipinski definition) is 2. The van der Waals surface area contributed by atoms with Gasteiger partial charge in [-0.2, -0.15) is 0 Å². The van der Waals surface area contributed by atoms with Gasteiger partial charge in [-0.25, -0.2) is 8.78 Å². The number of primary amides is 1. The van der Waals surface area contributed by atoms with Gasteiger partial charge in [0.1, 0.15) is 0 Å². The monoisotopic (exact) mass is 220 g/mol. The number of nitrogens with zero attached hydrogens (tertiary/aromatic N) is 1. The fourth-order valence-electron chi connectivity index (χ4n) is 1.08. The maximum Gasteiger partial charge on any atom is 0.266 e. The molecule has 0 saturated heterocycles. The molecule has 1 amide bonds. The number of carbonyl (C=O) groups is 1. The summed E-state index contributed by atoms with van der Waals surface area (Å²) in [4.78, 5) is 14.5. The summed E-state index contributed by atoms with van der Waals surface area (Å²) < 4.78 is 25.1. The Labute approximate surface area is 83.9 Å². The van der Waals surface area contributed by atoms with Gasteiger partial charge in [0.15, 0.2) is 0 Å². The molecule has 3 nitrogen and oxygen atoms in total. The quantitative estimate of drug-likeness (QED) is 0.791. The second-order valence-corrected chi connectivity index (χ2v) is 2.78. The average molecular weight is 221 g/mol. The zero-order valence-electron chi connectivity index (χ0n) is 7.01. The van der Waals surface area contributed by atoms with E-state index in [1.165, 1.54) is 6.20 Å². The number of aromatic nitrogens is 1. The summed E-state index contributed by atoms with van der Waals surface area (Å²) in [6.07, 6.45) is -1.58. The number of halogens is 3. The molecule has 1 rings (SSSR count). The molecular formula is C8H7ClF2N2O. The summed E-state index contributed by atoms with van der Waals surface area (Å²) in [6.45, 7) is 0. The first-order valence-electron chi connectivity index (χ1n) is 3.69. The van der Waals surface area contributed by atoms with Crippen molar-refractivity contribution < 1.29 is 13.6 Å². The zero-order chi connectivity index (χ0) is 10.7. The molecule has 0 atom stereocenters. The van der Waals surface area contributed by atoms with E-state index in [2.05, 4.69) is 4.98 Å². The van der Waals surface area contributed by atoms with E-state index in [0.717, 1.165) is 6.07 Å². The van der Waals surface area contributed by atoms with Crippen molar-refractivity contribution in [2.24, 2.45) is 5.73 Å². The molecule has 2 N–H and O–H groups in total. The number of amides is 1. The van der Waals surface area contributed by atoms with Gasteiger partial charge >= 0.3 is 0 Å². The second-order valence-electron chi connectivity index (χ2n) is 2.52. The summed E-state index contributed by atoms with van der Waals surface area (Å²) in [5.74, 6) is -1.09. The molecule has 0 aliphatic carbocycles. The lowest BCUT2D eigenvalue weighted by atomic mass is 10.1. The van der Waals surface area contributed by atoms with Gasteiger partial charge in [0.05, 0.1) is 22.7 Å². The van der Waals surface area contributed by atoms with Gasteiger partial charge in [-0.3, -0.25) is 9.78 Å². The van der Waals surface area contributed by atoms with Crippen LogP contribution in [-0.2, 0) is 5.88 Å². The van der Waals surface area contributed by atoms with Crippen LogP contribution in [0.4, 0.5) is 8.78 Å². The minimum atomic E-state index is -2.81. The van der Waals surface area contributed by atoms with Crippen molar-refractivity contribution in [2.75, 3.05) is 0 Å². The molecule has 0 aromatic carbocycles. The lowest BCUT2D eigenvalue weighted by Gasteiger charge is -2.08. The first-order valence-corrected chi connectivity index (χ1v) is 4.23. The summed E-state index contributed by atoms with van der Waals surface area (Å²) in [5.41, 5.74) is 4.21. The van der Waals surface area contributed by atoms with Crippen LogP contribution in [0.5, 0.6) is 0 Å². The Morgan fingerprint density at radius 2 is 2.29 bits per heavy atom. The Balaban J connectivity index is 3.35. The predicted octanol–water partition coefficient (Wildman–Crippen LogP) is 1.86. The van der Waals surface area contributed by atoms with Crippen LogP contribution in [0.2, 0.25) is 0 Å². The Hall–Kier alpha value is -1.23. The van der Waals surface area contributed by atoms with Crippen LogP contribution in [0.3, 0.4) is 0 Å². The maximum absolute atomic E-state index is 12.5. The highest BCUT2D eigenvalue weighted by atomic mass is 35.5. The van der Waals surface area contributed by atoms with Crippen LogP contribution in [0.25, 0.3) is 0 Å². The first-order chi connectivity index (χ1) is 6.57. The van der Waals surface area contributed by atoms with Crippen molar-refractivity contribution in [1.29, 1.82) is 0 Å². The number of rotatable bonds is 3. The third-order valence-corrected chi connectivity index (χ3v) is 1.94. The fourth-order valence-corrected chi connectivity index (χ4v) is 1.29. The number of carbonyl (C=O) groups excluding carboxylic acids is 1. The first kappa shape index (κ1) is 10.8. The van der Waals surface area contributed by atoms with E-state index in [9.17, 15) is 13.6 Å². The molecule has 6 heteroatoms. The molecule has 1 aromatic rings. The maximum atomic E-state index is 12.5. The molecule has 1 heterocycles. The molecule has 76 valence electrons. The van der Waals surface area contributed by atoms with Crippen molar-refractivity contribution in [1.82, 2.24) is 4.98 Å². The van der Waals surface area contributed by atoms with Crippen molar-refractivity contribution in [3.05, 3.63) is 29.1 Å². The van der Waals surface area contributed by atoms with E-state index in [0.29, 0.717) is 0 Å². The molecule has 1 aromatic heterocycles. The lowest BCUT2D eigenvalue weighted by molar-refractivity contribution is 0.0985. The largest absolute Gasteiger partial charge is 0.366 e. The van der Waals surface area contributed by atoms with Gasteiger partial charge in [0.2, 0.25) is 5.91 Å². The topological polar surface area (TPSA) is 56.0 Å². The van der Waals surface area contributed by atoms with Crippen molar-refractivity contribution in [2.45, 2.75) is 12.3 Å². The Bertz CT molecular complexity index is 357. The van der Waals surface area contributed by atoms with Crippen LogP contribution >= 0.6 is 11.6 Å². The minimum absolute atomic E-state index is 0.0158. The van der Waals surface area contributed by atoms with Crippen LogP contribution in [0.1, 0.15) is 28.0 Å². The van der Waals surface area contributed by atoms with E-state index >= 15 is 0 Å². The van der Waals surface area contributed by atoms with Crippen LogP contribution < -0.4 is 5.73 Å². The molecule has 0 spiro atoms. The fraction of sp³-hybridized carbons (Fsp3) is 0.250. The molecule has 0 aliphatic heterocycles. The molecule has 0 radical (unpaired) electrons. The molecule has 14 heavy (non-hydrogen) atoms. The van der Waals surface area contributed by atoms with E-state index in [1.54, 1.807) is 0 Å². The van der Waals surface area contributed by atoms with Gasteiger partial charge < -0.3 is 5.73 Å². The summed E-state index contributed by atoms with van der Waals surface area (Å²) >= 11 is 5.40. The van der Waals surface area contributed by atoms with E-state index in [-0.39, 0.29) is 17.1 Å². The van der Waals surface area contributed by atoms with Crippen molar-refractivity contribution in [3.63, 3.8) is 0 Å². The van der Waals surface area contributed by atoms with Gasteiger partial charge in [0, 0.05) is 6.20 Å². The SMILES string of the molecule is NC(=O)c1ccnc(CCl)c1C(F)F. The van der Waals surface area contributed by atoms with E-state index in [4.69, 9.17) is 17.3 Å². The molecule has 0 fully saturated rings. The Kier molecular flexibility index (Phi) is 3.35. The van der Waals surface area contributed by atoms with Crippen LogP contribution in [0.15, 0.2) is 12.3 Å². The number of pyridine rings is 1. The van der Waals surface area contributed by atoms with E-state index in [1.807, 2.05) is 0 Å². The highest BCUT2D eigenvalue weighted by molar-refractivity contribution is 6.17. The minimum Gasteiger partial charge on any atom is -0.366 e. The number of hydrogen-bond donors (Lipinski definition) is 1. The van der Waals surface area contributed by atoms with E-state index < -0.39 is 17.9 Å². The van der Waals surface area contributed by atoms with Crippen molar-refractivity contribution >= 4 is 17.5 Å². The van der Waals surface area contributed by atoms with Gasteiger partial charge in [0.25, 0.3) is 6.43 Å². The standard InChI is InChI=1S/C8H7ClF2N2O/c9-3-5-6(7(10)11)4(8(12)14)1-2-13-5/h1-2,7H,3H2,(H2,12,14). The third-order valence-electron chi connectivity index (χ3n) is 1.68. The predicted molar refractivity (Wildman–Crippen MR) is 47.3 cm³/mol. The molecule has 0 aliphatic rings. The zero-order valence-corrected chi connectivity index (χ0v) is 7.76. The average Bonchev–Trinajstić information content (AvgIpc) is 2.16. The van der Waals surface area contributed by atoms with Crippen molar-refractivity contribution in [3.8, 4) is 0 Å². The summed E-state index contributed by atoms with van der Waals surface area (Å²) in [7, 11) is 0. The molecule has 0 unspecified atom stereocenters. The third kappa shape index (κ3) is 1.98. The van der Waals surface area contributed by atoms with Gasteiger partial charge in [-0.15, -0.1) is 11.6 Å². The lowest BCUT2D eigenvalue weighted by Crippen LogP contribution is -2.15. The van der Waals surface area contributed by atoms with Gasteiger partial charge in [-0.1, -0.05) is 0 Å². The van der Waals surface area contributed by atoms with Crippen LogP contribution in [0, 0.1) is 0 Å². The highest BCUT2D eigenvalue weighted by Crippen LogP contribution is 2.26. The highest BCUT2D eigenvalue weighted by Gasteiger charge is 2.20. The Morgan fingerprint density at radius 3 is 2.71 bits per heavy atom. The second kappa shape index (κ2) is 4.32. The van der Waals surface area contributed by atoms with Gasteiger partial charge in [-0.05, 0) is 6.07 Å². The molecule has 0 saturated carbocycles. The van der Waals surface area contributed by atoms with Crippen LogP contribution in [-0.4, -0.2) is 10.9 Å².